The van der Waals surface area contributed by atoms with Gasteiger partial charge in [0.25, 0.3) is 11.6 Å². The average Bonchev–Trinajstić information content (AvgIpc) is 3.43. The van der Waals surface area contributed by atoms with Crippen LogP contribution in [0.25, 0.3) is 0 Å². The third kappa shape index (κ3) is 3.03. The van der Waals surface area contributed by atoms with E-state index in [0.29, 0.717) is 17.4 Å². The summed E-state index contributed by atoms with van der Waals surface area (Å²) in [6.07, 6.45) is 7.71. The number of benzene rings is 2. The monoisotopic (exact) mass is 417 g/mol. The second-order valence-corrected chi connectivity index (χ2v) is 9.76. The molecule has 31 heavy (non-hydrogen) atoms. The normalized spacial score (nSPS) is 27.9. The first-order valence-corrected chi connectivity index (χ1v) is 11.6. The van der Waals surface area contributed by atoms with Crippen molar-refractivity contribution in [2.45, 2.75) is 50.4 Å². The third-order valence-corrected chi connectivity index (χ3v) is 8.11. The minimum Gasteiger partial charge on any atom is -0.370 e. The van der Waals surface area contributed by atoms with Gasteiger partial charge in [0.05, 0.1) is 4.92 Å². The Labute approximate surface area is 181 Å². The molecule has 0 spiro atoms. The van der Waals surface area contributed by atoms with Crippen LogP contribution in [0.3, 0.4) is 0 Å². The third-order valence-electron chi connectivity index (χ3n) is 8.11. The van der Waals surface area contributed by atoms with Crippen molar-refractivity contribution in [3.63, 3.8) is 0 Å². The zero-order chi connectivity index (χ0) is 21.1. The highest BCUT2D eigenvalue weighted by atomic mass is 16.6. The van der Waals surface area contributed by atoms with E-state index in [1.807, 2.05) is 0 Å². The van der Waals surface area contributed by atoms with Crippen molar-refractivity contribution in [1.29, 1.82) is 0 Å². The Kier molecular flexibility index (Phi) is 4.30. The standard InChI is InChI=1S/C25H27N3O3/c29-25(15-7-9-19(10-8-15)28(30)31)26-18-11-22-20-5-1-3-16(20)13-27-14-17-4-2-6-21(17)23(12-18)24(22)27/h7-12,16-17,20-21H,1-6,13-14H2,(H,26,29)/t16-,17+,20-,21+. The molecule has 2 aromatic rings. The topological polar surface area (TPSA) is 75.5 Å². The molecule has 160 valence electrons. The summed E-state index contributed by atoms with van der Waals surface area (Å²) in [4.78, 5) is 26.0. The van der Waals surface area contributed by atoms with Crippen LogP contribution >= 0.6 is 0 Å². The van der Waals surface area contributed by atoms with Gasteiger partial charge < -0.3 is 10.2 Å². The largest absolute Gasteiger partial charge is 0.370 e. The molecule has 4 atom stereocenters. The molecule has 2 fully saturated rings. The van der Waals surface area contributed by atoms with Crippen LogP contribution in [-0.2, 0) is 0 Å². The summed E-state index contributed by atoms with van der Waals surface area (Å²) in [5.41, 5.74) is 5.66. The Morgan fingerprint density at radius 2 is 1.52 bits per heavy atom. The van der Waals surface area contributed by atoms with Crippen molar-refractivity contribution in [3.05, 3.63) is 63.2 Å². The van der Waals surface area contributed by atoms with Gasteiger partial charge in [0.1, 0.15) is 0 Å². The molecule has 0 aromatic heterocycles. The number of nitro groups is 1. The van der Waals surface area contributed by atoms with Crippen LogP contribution in [0, 0.1) is 22.0 Å². The molecule has 6 rings (SSSR count). The first-order chi connectivity index (χ1) is 15.1. The van der Waals surface area contributed by atoms with Crippen molar-refractivity contribution in [3.8, 4) is 0 Å². The Hall–Kier alpha value is -2.89. The van der Waals surface area contributed by atoms with E-state index in [2.05, 4.69) is 22.3 Å². The number of anilines is 2. The van der Waals surface area contributed by atoms with Gasteiger partial charge in [-0.3, -0.25) is 14.9 Å². The molecular formula is C25H27N3O3. The smallest absolute Gasteiger partial charge is 0.269 e. The summed E-state index contributed by atoms with van der Waals surface area (Å²) in [5, 5.41) is 14.0. The average molecular weight is 418 g/mol. The Balaban J connectivity index is 1.37. The summed E-state index contributed by atoms with van der Waals surface area (Å²) < 4.78 is 0. The molecule has 2 aliphatic carbocycles. The molecule has 0 unspecified atom stereocenters. The fourth-order valence-corrected chi connectivity index (χ4v) is 6.77. The molecular weight excluding hydrogens is 390 g/mol. The van der Waals surface area contributed by atoms with Crippen LogP contribution in [0.15, 0.2) is 36.4 Å². The molecule has 0 radical (unpaired) electrons. The van der Waals surface area contributed by atoms with E-state index in [-0.39, 0.29) is 11.6 Å². The molecule has 1 amide bonds. The van der Waals surface area contributed by atoms with E-state index in [1.54, 1.807) is 0 Å². The second-order valence-electron chi connectivity index (χ2n) is 9.76. The van der Waals surface area contributed by atoms with Crippen LogP contribution in [-0.4, -0.2) is 23.9 Å². The van der Waals surface area contributed by atoms with Gasteiger partial charge in [-0.25, -0.2) is 0 Å². The summed E-state index contributed by atoms with van der Waals surface area (Å²) in [6.45, 7) is 2.39. The number of non-ortho nitro benzene ring substituents is 1. The van der Waals surface area contributed by atoms with E-state index >= 15 is 0 Å². The zero-order valence-electron chi connectivity index (χ0n) is 17.5. The Morgan fingerprint density at radius 3 is 2.06 bits per heavy atom. The fourth-order valence-electron chi connectivity index (χ4n) is 6.77. The maximum atomic E-state index is 12.9. The van der Waals surface area contributed by atoms with Gasteiger partial charge in [-0.15, -0.1) is 0 Å². The van der Waals surface area contributed by atoms with Gasteiger partial charge in [-0.2, -0.15) is 0 Å². The van der Waals surface area contributed by atoms with Crippen LogP contribution in [0.4, 0.5) is 17.1 Å². The lowest BCUT2D eigenvalue weighted by Gasteiger charge is -2.46. The maximum absolute atomic E-state index is 12.9. The number of hydrogen-bond acceptors (Lipinski definition) is 4. The predicted octanol–water partition coefficient (Wildman–Crippen LogP) is 5.45. The van der Waals surface area contributed by atoms with Gasteiger partial charge in [0, 0.05) is 42.2 Å². The highest BCUT2D eigenvalue weighted by Gasteiger charge is 2.44. The number of rotatable bonds is 3. The molecule has 0 saturated heterocycles. The Bertz CT molecular complexity index is 1020. The van der Waals surface area contributed by atoms with Crippen molar-refractivity contribution in [1.82, 2.24) is 0 Å². The van der Waals surface area contributed by atoms with Crippen molar-refractivity contribution < 1.29 is 9.72 Å². The van der Waals surface area contributed by atoms with E-state index in [1.165, 1.54) is 92.7 Å². The second kappa shape index (κ2) is 7.08. The van der Waals surface area contributed by atoms with E-state index in [4.69, 9.17) is 0 Å². The molecule has 2 heterocycles. The van der Waals surface area contributed by atoms with Crippen molar-refractivity contribution in [2.24, 2.45) is 11.8 Å². The first-order valence-electron chi connectivity index (χ1n) is 11.6. The number of carbonyl (C=O) groups is 1. The van der Waals surface area contributed by atoms with Gasteiger partial charge in [-0.05, 0) is 84.7 Å². The van der Waals surface area contributed by atoms with Gasteiger partial charge >= 0.3 is 0 Å². The number of nitro benzene ring substituents is 1. The van der Waals surface area contributed by atoms with E-state index in [9.17, 15) is 14.9 Å². The minimum absolute atomic E-state index is 0.00518. The first kappa shape index (κ1) is 18.8. The number of nitrogens with zero attached hydrogens (tertiary/aromatic N) is 2. The lowest BCUT2D eigenvalue weighted by Crippen LogP contribution is -2.43. The highest BCUT2D eigenvalue weighted by molar-refractivity contribution is 6.04. The van der Waals surface area contributed by atoms with Crippen LogP contribution in [0.1, 0.15) is 71.8 Å². The van der Waals surface area contributed by atoms with Crippen LogP contribution < -0.4 is 10.2 Å². The molecule has 6 nitrogen and oxygen atoms in total. The summed E-state index contributed by atoms with van der Waals surface area (Å²) >= 11 is 0. The van der Waals surface area contributed by atoms with Crippen LogP contribution in [0.5, 0.6) is 0 Å². The molecule has 6 heteroatoms. The summed E-state index contributed by atoms with van der Waals surface area (Å²) in [6, 6.07) is 10.2. The molecule has 0 bridgehead atoms. The highest BCUT2D eigenvalue weighted by Crippen LogP contribution is 2.56. The summed E-state index contributed by atoms with van der Waals surface area (Å²) in [5.74, 6) is 2.48. The molecule has 1 N–H and O–H groups in total. The van der Waals surface area contributed by atoms with Gasteiger partial charge in [0.15, 0.2) is 0 Å². The number of hydrogen-bond donors (Lipinski definition) is 1. The number of carbonyl (C=O) groups excluding carboxylic acids is 1. The lowest BCUT2D eigenvalue weighted by molar-refractivity contribution is -0.384. The van der Waals surface area contributed by atoms with Crippen molar-refractivity contribution in [2.75, 3.05) is 23.3 Å². The number of fused-ring (bicyclic) bond motifs is 4. The number of amides is 1. The lowest BCUT2D eigenvalue weighted by atomic mass is 9.75. The predicted molar refractivity (Wildman–Crippen MR) is 120 cm³/mol. The Morgan fingerprint density at radius 1 is 0.935 bits per heavy atom. The summed E-state index contributed by atoms with van der Waals surface area (Å²) in [7, 11) is 0. The SMILES string of the molecule is O=C(Nc1cc2c3c(c1)[C@@H]1CCC[C@@H]1CN3C[C@@H]1CCC[C@H]21)c1ccc([N+](=O)[O-])cc1. The maximum Gasteiger partial charge on any atom is 0.269 e. The van der Waals surface area contributed by atoms with Crippen LogP contribution in [0.2, 0.25) is 0 Å². The number of nitrogens with one attached hydrogen (secondary N) is 1. The van der Waals surface area contributed by atoms with E-state index in [0.717, 1.165) is 17.5 Å². The minimum atomic E-state index is -0.447. The molecule has 2 saturated carbocycles. The van der Waals surface area contributed by atoms with Crippen molar-refractivity contribution >= 4 is 23.0 Å². The molecule has 2 aliphatic heterocycles. The van der Waals surface area contributed by atoms with Gasteiger partial charge in [0.2, 0.25) is 0 Å². The van der Waals surface area contributed by atoms with E-state index < -0.39 is 4.92 Å². The molecule has 4 aliphatic rings. The quantitative estimate of drug-likeness (QED) is 0.532. The van der Waals surface area contributed by atoms with Gasteiger partial charge in [-0.1, -0.05) is 12.8 Å². The fraction of sp³-hybridized carbons (Fsp3) is 0.480. The zero-order valence-corrected chi connectivity index (χ0v) is 17.5. The molecule has 2 aromatic carbocycles.